The molecule has 1 aliphatic rings. The van der Waals surface area contributed by atoms with Gasteiger partial charge in [0, 0.05) is 25.7 Å². The van der Waals surface area contributed by atoms with Crippen LogP contribution in [-0.2, 0) is 14.4 Å². The van der Waals surface area contributed by atoms with Crippen molar-refractivity contribution in [2.24, 2.45) is 5.92 Å². The van der Waals surface area contributed by atoms with Gasteiger partial charge in [-0.2, -0.15) is 0 Å². The molecule has 6 nitrogen and oxygen atoms in total. The molecule has 1 fully saturated rings. The van der Waals surface area contributed by atoms with Crippen LogP contribution < -0.4 is 10.2 Å². The first kappa shape index (κ1) is 19.9. The molecule has 0 bridgehead atoms. The second-order valence-electron chi connectivity index (χ2n) is 6.96. The molecule has 28 heavy (non-hydrogen) atoms. The third-order valence-electron chi connectivity index (χ3n) is 4.72. The molecule has 3 rings (SSSR count). The zero-order valence-electron chi connectivity index (χ0n) is 15.8. The number of benzene rings is 2. The van der Waals surface area contributed by atoms with Crippen LogP contribution in [0.5, 0.6) is 0 Å². The molecule has 146 valence electrons. The van der Waals surface area contributed by atoms with Gasteiger partial charge in [-0.25, -0.2) is 0 Å². The van der Waals surface area contributed by atoms with E-state index >= 15 is 0 Å². The van der Waals surface area contributed by atoms with E-state index in [1.54, 1.807) is 36.2 Å². The van der Waals surface area contributed by atoms with Crippen LogP contribution in [0.3, 0.4) is 0 Å². The summed E-state index contributed by atoms with van der Waals surface area (Å²) in [6.45, 7) is 2.18. The molecular weight excluding hydrogens is 378 g/mol. The fraction of sp³-hybridized carbons (Fsp3) is 0.286. The van der Waals surface area contributed by atoms with Gasteiger partial charge in [-0.1, -0.05) is 41.4 Å². The number of nitrogens with zero attached hydrogens (tertiary/aromatic N) is 2. The highest BCUT2D eigenvalue weighted by Gasteiger charge is 2.36. The van der Waals surface area contributed by atoms with E-state index in [4.69, 9.17) is 11.6 Å². The number of rotatable bonds is 5. The summed E-state index contributed by atoms with van der Waals surface area (Å²) in [5, 5.41) is 3.12. The molecule has 1 N–H and O–H groups in total. The van der Waals surface area contributed by atoms with Gasteiger partial charge in [-0.15, -0.1) is 0 Å². The summed E-state index contributed by atoms with van der Waals surface area (Å²) in [6, 6.07) is 14.5. The first-order valence-corrected chi connectivity index (χ1v) is 9.39. The van der Waals surface area contributed by atoms with E-state index in [1.807, 2.05) is 31.2 Å². The third-order valence-corrected chi connectivity index (χ3v) is 5.05. The quantitative estimate of drug-likeness (QED) is 0.839. The van der Waals surface area contributed by atoms with Gasteiger partial charge in [-0.3, -0.25) is 14.4 Å². The van der Waals surface area contributed by atoms with E-state index < -0.39 is 5.92 Å². The van der Waals surface area contributed by atoms with Gasteiger partial charge < -0.3 is 15.1 Å². The van der Waals surface area contributed by atoms with Crippen molar-refractivity contribution >= 4 is 40.7 Å². The van der Waals surface area contributed by atoms with Crippen molar-refractivity contribution in [1.82, 2.24) is 4.90 Å². The van der Waals surface area contributed by atoms with E-state index in [9.17, 15) is 14.4 Å². The Balaban J connectivity index is 1.59. The van der Waals surface area contributed by atoms with Crippen LogP contribution in [0.2, 0.25) is 5.02 Å². The second-order valence-corrected chi connectivity index (χ2v) is 7.37. The second kappa shape index (κ2) is 8.44. The van der Waals surface area contributed by atoms with Crippen LogP contribution in [0.15, 0.2) is 48.5 Å². The predicted molar refractivity (Wildman–Crippen MR) is 109 cm³/mol. The lowest BCUT2D eigenvalue weighted by atomic mass is 10.1. The highest BCUT2D eigenvalue weighted by molar-refractivity contribution is 6.33. The maximum absolute atomic E-state index is 12.7. The molecule has 1 unspecified atom stereocenters. The van der Waals surface area contributed by atoms with Crippen molar-refractivity contribution in [2.45, 2.75) is 13.3 Å². The summed E-state index contributed by atoms with van der Waals surface area (Å²) in [5.74, 6) is -1.12. The zero-order valence-corrected chi connectivity index (χ0v) is 16.6. The van der Waals surface area contributed by atoms with Crippen LogP contribution in [0, 0.1) is 12.8 Å². The molecule has 1 saturated heterocycles. The number of carbonyl (C=O) groups is 3. The minimum absolute atomic E-state index is 0.0869. The van der Waals surface area contributed by atoms with Gasteiger partial charge in [0.25, 0.3) is 0 Å². The molecule has 2 aromatic rings. The maximum atomic E-state index is 12.7. The molecule has 0 radical (unpaired) electrons. The monoisotopic (exact) mass is 399 g/mol. The molecule has 0 saturated carbocycles. The number of halogens is 1. The highest BCUT2D eigenvalue weighted by Crippen LogP contribution is 2.26. The van der Waals surface area contributed by atoms with E-state index in [0.29, 0.717) is 17.3 Å². The van der Waals surface area contributed by atoms with Crippen LogP contribution in [0.4, 0.5) is 11.4 Å². The molecule has 0 aliphatic carbocycles. The Bertz CT molecular complexity index is 898. The number of carbonyl (C=O) groups excluding carboxylic acids is 3. The topological polar surface area (TPSA) is 69.7 Å². The normalized spacial score (nSPS) is 16.2. The summed E-state index contributed by atoms with van der Waals surface area (Å²) in [7, 11) is 1.56. The van der Waals surface area contributed by atoms with Crippen molar-refractivity contribution in [1.29, 1.82) is 0 Å². The molecule has 1 aliphatic heterocycles. The lowest BCUT2D eigenvalue weighted by molar-refractivity contribution is -0.137. The van der Waals surface area contributed by atoms with E-state index in [-0.39, 0.29) is 30.7 Å². The van der Waals surface area contributed by atoms with Crippen LogP contribution in [-0.4, -0.2) is 42.8 Å². The number of likely N-dealkylation sites (N-methyl/N-ethyl adjacent to an activating group) is 1. The zero-order chi connectivity index (χ0) is 20.3. The lowest BCUT2D eigenvalue weighted by Gasteiger charge is -2.21. The van der Waals surface area contributed by atoms with Crippen LogP contribution >= 0.6 is 11.6 Å². The van der Waals surface area contributed by atoms with Crippen molar-refractivity contribution < 1.29 is 14.4 Å². The number of aryl methyl sites for hydroxylation is 1. The number of nitrogens with one attached hydrogen (secondary N) is 1. The predicted octanol–water partition coefficient (Wildman–Crippen LogP) is 3.10. The van der Waals surface area contributed by atoms with Gasteiger partial charge in [0.2, 0.25) is 17.7 Å². The third kappa shape index (κ3) is 4.51. The maximum Gasteiger partial charge on any atom is 0.244 e. The van der Waals surface area contributed by atoms with Crippen molar-refractivity contribution in [3.05, 3.63) is 59.1 Å². The molecule has 2 aromatic carbocycles. The van der Waals surface area contributed by atoms with Gasteiger partial charge >= 0.3 is 0 Å². The fourth-order valence-electron chi connectivity index (χ4n) is 3.20. The summed E-state index contributed by atoms with van der Waals surface area (Å²) < 4.78 is 0. The SMILES string of the molecule is Cc1ccc(N2CC(C(=O)N(C)CC(=O)Nc3ccccc3Cl)CC2=O)cc1. The van der Waals surface area contributed by atoms with Crippen LogP contribution in [0.25, 0.3) is 0 Å². The number of para-hydroxylation sites is 1. The summed E-state index contributed by atoms with van der Waals surface area (Å²) in [5.41, 5.74) is 2.38. The standard InChI is InChI=1S/C21H22ClN3O3/c1-14-7-9-16(10-8-14)25-12-15(11-20(25)27)21(28)24(2)13-19(26)23-18-6-4-3-5-17(18)22/h3-10,15H,11-13H2,1-2H3,(H,23,26). The van der Waals surface area contributed by atoms with Gasteiger partial charge in [0.15, 0.2) is 0 Å². The number of hydrogen-bond donors (Lipinski definition) is 1. The first-order chi connectivity index (χ1) is 13.3. The van der Waals surface area contributed by atoms with Gasteiger partial charge in [-0.05, 0) is 31.2 Å². The molecule has 3 amide bonds. The molecule has 0 aromatic heterocycles. The van der Waals surface area contributed by atoms with Gasteiger partial charge in [0.1, 0.15) is 0 Å². The van der Waals surface area contributed by atoms with E-state index in [1.165, 1.54) is 4.90 Å². The summed E-state index contributed by atoms with van der Waals surface area (Å²) in [4.78, 5) is 40.3. The fourth-order valence-corrected chi connectivity index (χ4v) is 3.39. The average Bonchev–Trinajstić information content (AvgIpc) is 3.05. The summed E-state index contributed by atoms with van der Waals surface area (Å²) >= 11 is 6.03. The lowest BCUT2D eigenvalue weighted by Crippen LogP contribution is -2.39. The highest BCUT2D eigenvalue weighted by atomic mass is 35.5. The van der Waals surface area contributed by atoms with E-state index in [2.05, 4.69) is 5.32 Å². The van der Waals surface area contributed by atoms with Crippen molar-refractivity contribution in [3.8, 4) is 0 Å². The molecule has 7 heteroatoms. The Kier molecular flexibility index (Phi) is 5.99. The minimum atomic E-state index is -0.466. The molecule has 0 spiro atoms. The number of hydrogen-bond acceptors (Lipinski definition) is 3. The smallest absolute Gasteiger partial charge is 0.244 e. The van der Waals surface area contributed by atoms with Gasteiger partial charge in [0.05, 0.1) is 23.2 Å². The molecule has 1 atom stereocenters. The number of anilines is 2. The Labute approximate surface area is 169 Å². The minimum Gasteiger partial charge on any atom is -0.336 e. The Morgan fingerprint density at radius 1 is 1.18 bits per heavy atom. The van der Waals surface area contributed by atoms with E-state index in [0.717, 1.165) is 11.3 Å². The van der Waals surface area contributed by atoms with Crippen molar-refractivity contribution in [2.75, 3.05) is 30.4 Å². The molecule has 1 heterocycles. The largest absolute Gasteiger partial charge is 0.336 e. The Morgan fingerprint density at radius 3 is 2.54 bits per heavy atom. The van der Waals surface area contributed by atoms with Crippen molar-refractivity contribution in [3.63, 3.8) is 0 Å². The summed E-state index contributed by atoms with van der Waals surface area (Å²) in [6.07, 6.45) is 0.142. The average molecular weight is 400 g/mol. The number of amides is 3. The Hall–Kier alpha value is -2.86. The first-order valence-electron chi connectivity index (χ1n) is 9.01. The van der Waals surface area contributed by atoms with Crippen LogP contribution in [0.1, 0.15) is 12.0 Å². The molecular formula is C21H22ClN3O3. The Morgan fingerprint density at radius 2 is 1.86 bits per heavy atom.